The molecule has 4 heteroatoms. The highest BCUT2D eigenvalue weighted by atomic mass is 16.5. The summed E-state index contributed by atoms with van der Waals surface area (Å²) in [5.41, 5.74) is 0.386. The summed E-state index contributed by atoms with van der Waals surface area (Å²) in [6.45, 7) is 2.82. The lowest BCUT2D eigenvalue weighted by molar-refractivity contribution is -0.132. The molecule has 19 heavy (non-hydrogen) atoms. The number of carboxylic acids is 1. The fourth-order valence-corrected chi connectivity index (χ4v) is 1.51. The van der Waals surface area contributed by atoms with Gasteiger partial charge in [0.25, 0.3) is 0 Å². The number of carboxylic acid groups (broad SMARTS) is 1. The molecule has 0 aliphatic rings. The van der Waals surface area contributed by atoms with Crippen molar-refractivity contribution < 1.29 is 14.6 Å². The molecule has 0 saturated heterocycles. The molecule has 0 unspecified atom stereocenters. The number of nitriles is 1. The molecule has 0 fully saturated rings. The van der Waals surface area contributed by atoms with E-state index in [-0.39, 0.29) is 5.57 Å². The number of hydrogen-bond acceptors (Lipinski definition) is 3. The minimum atomic E-state index is -1.22. The summed E-state index contributed by atoms with van der Waals surface area (Å²) in [7, 11) is 0. The van der Waals surface area contributed by atoms with E-state index < -0.39 is 5.97 Å². The predicted molar refractivity (Wildman–Crippen MR) is 72.7 cm³/mol. The van der Waals surface area contributed by atoms with Crippen LogP contribution in [0.15, 0.2) is 29.8 Å². The maximum Gasteiger partial charge on any atom is 0.346 e. The number of benzene rings is 1. The van der Waals surface area contributed by atoms with Crippen molar-refractivity contribution in [2.24, 2.45) is 0 Å². The summed E-state index contributed by atoms with van der Waals surface area (Å²) in [6, 6.07) is 8.65. The zero-order valence-corrected chi connectivity index (χ0v) is 10.9. The number of unbranched alkanes of at least 4 members (excludes halogenated alkanes) is 2. The quantitative estimate of drug-likeness (QED) is 0.463. The van der Waals surface area contributed by atoms with Crippen molar-refractivity contribution in [3.05, 3.63) is 35.4 Å². The molecule has 1 rings (SSSR count). The lowest BCUT2D eigenvalue weighted by Crippen LogP contribution is -1.98. The zero-order chi connectivity index (χ0) is 14.1. The second-order valence-electron chi connectivity index (χ2n) is 4.10. The molecular weight excluding hydrogens is 242 g/mol. The molecule has 100 valence electrons. The Morgan fingerprint density at radius 1 is 1.37 bits per heavy atom. The number of ether oxygens (including phenoxy) is 1. The molecule has 1 aromatic carbocycles. The van der Waals surface area contributed by atoms with E-state index in [1.807, 2.05) is 0 Å². The van der Waals surface area contributed by atoms with Crippen LogP contribution in [0, 0.1) is 11.3 Å². The predicted octanol–water partition coefficient (Wildman–Crippen LogP) is 3.25. The molecule has 0 radical (unpaired) electrons. The van der Waals surface area contributed by atoms with Crippen molar-refractivity contribution in [1.82, 2.24) is 0 Å². The number of hydrogen-bond donors (Lipinski definition) is 1. The van der Waals surface area contributed by atoms with Gasteiger partial charge in [-0.05, 0) is 30.2 Å². The van der Waals surface area contributed by atoms with Gasteiger partial charge in [-0.3, -0.25) is 0 Å². The average Bonchev–Trinajstić information content (AvgIpc) is 2.42. The van der Waals surface area contributed by atoms with Gasteiger partial charge >= 0.3 is 5.97 Å². The Labute approximate surface area is 112 Å². The molecule has 0 spiro atoms. The highest BCUT2D eigenvalue weighted by molar-refractivity contribution is 5.96. The number of nitrogens with zero attached hydrogens (tertiary/aromatic N) is 1. The van der Waals surface area contributed by atoms with Gasteiger partial charge in [-0.2, -0.15) is 5.26 Å². The van der Waals surface area contributed by atoms with Crippen molar-refractivity contribution >= 4 is 12.0 Å². The fourth-order valence-electron chi connectivity index (χ4n) is 1.51. The fraction of sp³-hybridized carbons (Fsp3) is 0.333. The smallest absolute Gasteiger partial charge is 0.346 e. The Kier molecular flexibility index (Phi) is 6.17. The van der Waals surface area contributed by atoms with E-state index in [2.05, 4.69) is 6.92 Å². The first kappa shape index (κ1) is 14.8. The van der Waals surface area contributed by atoms with Crippen molar-refractivity contribution in [1.29, 1.82) is 5.26 Å². The van der Waals surface area contributed by atoms with Gasteiger partial charge in [0, 0.05) is 0 Å². The van der Waals surface area contributed by atoms with Gasteiger partial charge in [-0.25, -0.2) is 4.79 Å². The maximum absolute atomic E-state index is 10.7. The summed E-state index contributed by atoms with van der Waals surface area (Å²) in [6.07, 6.45) is 4.66. The Balaban J connectivity index is 2.61. The third-order valence-corrected chi connectivity index (χ3v) is 2.56. The van der Waals surface area contributed by atoms with Crippen LogP contribution in [0.2, 0.25) is 0 Å². The number of carbonyl (C=O) groups is 1. The van der Waals surface area contributed by atoms with Crippen molar-refractivity contribution in [3.8, 4) is 11.8 Å². The van der Waals surface area contributed by atoms with Gasteiger partial charge in [-0.15, -0.1) is 0 Å². The number of rotatable bonds is 7. The van der Waals surface area contributed by atoms with Crippen LogP contribution in [0.3, 0.4) is 0 Å². The Hall–Kier alpha value is -2.28. The normalized spacial score (nSPS) is 10.8. The van der Waals surface area contributed by atoms with Crippen LogP contribution in [-0.4, -0.2) is 17.7 Å². The van der Waals surface area contributed by atoms with Gasteiger partial charge < -0.3 is 9.84 Å². The third kappa shape index (κ3) is 5.26. The minimum absolute atomic E-state index is 0.281. The van der Waals surface area contributed by atoms with E-state index >= 15 is 0 Å². The Morgan fingerprint density at radius 3 is 2.58 bits per heavy atom. The molecule has 0 amide bonds. The van der Waals surface area contributed by atoms with Crippen molar-refractivity contribution in [2.45, 2.75) is 26.2 Å². The van der Waals surface area contributed by atoms with Crippen LogP contribution in [-0.2, 0) is 4.79 Å². The van der Waals surface area contributed by atoms with Crippen LogP contribution in [0.1, 0.15) is 31.7 Å². The SMILES string of the molecule is CCCCCOc1ccc(/C=C(/C#N)C(=O)O)cc1. The molecule has 0 atom stereocenters. The first-order valence-corrected chi connectivity index (χ1v) is 6.25. The molecule has 0 aliphatic carbocycles. The van der Waals surface area contributed by atoms with Gasteiger partial charge in [-0.1, -0.05) is 31.9 Å². The maximum atomic E-state index is 10.7. The topological polar surface area (TPSA) is 70.3 Å². The van der Waals surface area contributed by atoms with Crippen LogP contribution in [0.25, 0.3) is 6.08 Å². The molecule has 0 saturated carbocycles. The summed E-state index contributed by atoms with van der Waals surface area (Å²) in [4.78, 5) is 10.7. The molecule has 0 bridgehead atoms. The first-order chi connectivity index (χ1) is 9.17. The van der Waals surface area contributed by atoms with E-state index in [0.29, 0.717) is 12.2 Å². The van der Waals surface area contributed by atoms with Gasteiger partial charge in [0.1, 0.15) is 17.4 Å². The van der Waals surface area contributed by atoms with Crippen molar-refractivity contribution in [3.63, 3.8) is 0 Å². The summed E-state index contributed by atoms with van der Waals surface area (Å²) in [5, 5.41) is 17.4. The highest BCUT2D eigenvalue weighted by Crippen LogP contribution is 2.15. The van der Waals surface area contributed by atoms with E-state index in [1.165, 1.54) is 6.08 Å². The Morgan fingerprint density at radius 2 is 2.05 bits per heavy atom. The molecule has 0 aliphatic heterocycles. The summed E-state index contributed by atoms with van der Waals surface area (Å²) in [5.74, 6) is -0.468. The molecule has 4 nitrogen and oxygen atoms in total. The largest absolute Gasteiger partial charge is 0.494 e. The van der Waals surface area contributed by atoms with E-state index in [9.17, 15) is 4.79 Å². The highest BCUT2D eigenvalue weighted by Gasteiger charge is 2.05. The summed E-state index contributed by atoms with van der Waals surface area (Å²) >= 11 is 0. The minimum Gasteiger partial charge on any atom is -0.494 e. The van der Waals surface area contributed by atoms with Crippen LogP contribution >= 0.6 is 0 Å². The molecule has 0 heterocycles. The van der Waals surface area contributed by atoms with Gasteiger partial charge in [0.15, 0.2) is 0 Å². The summed E-state index contributed by atoms with van der Waals surface area (Å²) < 4.78 is 5.54. The molecular formula is C15H17NO3. The lowest BCUT2D eigenvalue weighted by Gasteiger charge is -2.05. The second-order valence-corrected chi connectivity index (χ2v) is 4.10. The Bertz CT molecular complexity index is 483. The first-order valence-electron chi connectivity index (χ1n) is 6.25. The average molecular weight is 259 g/mol. The monoisotopic (exact) mass is 259 g/mol. The third-order valence-electron chi connectivity index (χ3n) is 2.56. The lowest BCUT2D eigenvalue weighted by atomic mass is 10.1. The van der Waals surface area contributed by atoms with Crippen LogP contribution in [0.4, 0.5) is 0 Å². The van der Waals surface area contributed by atoms with E-state index in [0.717, 1.165) is 25.0 Å². The number of aliphatic carboxylic acids is 1. The van der Waals surface area contributed by atoms with E-state index in [1.54, 1.807) is 30.3 Å². The van der Waals surface area contributed by atoms with Gasteiger partial charge in [0.2, 0.25) is 0 Å². The second kappa shape index (κ2) is 7.93. The van der Waals surface area contributed by atoms with E-state index in [4.69, 9.17) is 15.1 Å². The standard InChI is InChI=1S/C15H17NO3/c1-2-3-4-9-19-14-7-5-12(6-8-14)10-13(11-16)15(17)18/h5-8,10H,2-4,9H2,1H3,(H,17,18)/b13-10-. The molecule has 1 aromatic rings. The van der Waals surface area contributed by atoms with Crippen molar-refractivity contribution in [2.75, 3.05) is 6.61 Å². The van der Waals surface area contributed by atoms with Crippen LogP contribution < -0.4 is 4.74 Å². The zero-order valence-electron chi connectivity index (χ0n) is 10.9. The molecule has 0 aromatic heterocycles. The van der Waals surface area contributed by atoms with Crippen LogP contribution in [0.5, 0.6) is 5.75 Å². The van der Waals surface area contributed by atoms with Gasteiger partial charge in [0.05, 0.1) is 6.61 Å². The molecule has 1 N–H and O–H groups in total.